The first kappa shape index (κ1) is 14.3. The van der Waals surface area contributed by atoms with Gasteiger partial charge in [-0.05, 0) is 31.5 Å². The summed E-state index contributed by atoms with van der Waals surface area (Å²) in [7, 11) is -3.85. The molecular weight excluding hydrogens is 281 g/mol. The second-order valence-corrected chi connectivity index (χ2v) is 7.25. The van der Waals surface area contributed by atoms with Crippen molar-refractivity contribution >= 4 is 9.84 Å². The Kier molecular flexibility index (Phi) is 3.38. The number of sulfone groups is 1. The first-order valence-corrected chi connectivity index (χ1v) is 7.15. The summed E-state index contributed by atoms with van der Waals surface area (Å²) in [5, 5.41) is 0. The standard InChI is InChI=1S/C12H13F3O3S/c1-11(5-6-18-8-11)19(16,17)10-4-2-3-9(7-10)12(13,14)15/h2-4,7H,5-6,8H2,1H3. The summed E-state index contributed by atoms with van der Waals surface area (Å²) in [5.41, 5.74) is -0.962. The van der Waals surface area contributed by atoms with Crippen LogP contribution < -0.4 is 0 Å². The van der Waals surface area contributed by atoms with E-state index in [1.807, 2.05) is 0 Å². The molecular formula is C12H13F3O3S. The van der Waals surface area contributed by atoms with Gasteiger partial charge in [0.2, 0.25) is 0 Å². The lowest BCUT2D eigenvalue weighted by Gasteiger charge is -2.22. The molecule has 19 heavy (non-hydrogen) atoms. The minimum Gasteiger partial charge on any atom is -0.380 e. The van der Waals surface area contributed by atoms with Crippen LogP contribution in [0.3, 0.4) is 0 Å². The molecule has 0 radical (unpaired) electrons. The van der Waals surface area contributed by atoms with E-state index in [0.29, 0.717) is 12.7 Å². The molecule has 0 amide bonds. The Bertz CT molecular complexity index is 572. The molecule has 1 fully saturated rings. The lowest BCUT2D eigenvalue weighted by molar-refractivity contribution is -0.137. The highest BCUT2D eigenvalue weighted by atomic mass is 32.2. The van der Waals surface area contributed by atoms with Gasteiger partial charge < -0.3 is 4.74 Å². The molecule has 1 saturated heterocycles. The summed E-state index contributed by atoms with van der Waals surface area (Å²) in [5.74, 6) is 0. The van der Waals surface area contributed by atoms with Crippen molar-refractivity contribution in [2.75, 3.05) is 13.2 Å². The molecule has 1 aromatic rings. The van der Waals surface area contributed by atoms with Crippen LogP contribution in [-0.4, -0.2) is 26.4 Å². The quantitative estimate of drug-likeness (QED) is 0.842. The number of alkyl halides is 3. The van der Waals surface area contributed by atoms with Crippen molar-refractivity contribution in [3.8, 4) is 0 Å². The van der Waals surface area contributed by atoms with Gasteiger partial charge in [0.05, 0.1) is 21.8 Å². The zero-order valence-electron chi connectivity index (χ0n) is 10.2. The Morgan fingerprint density at radius 3 is 2.53 bits per heavy atom. The molecule has 7 heteroatoms. The second kappa shape index (κ2) is 4.49. The molecule has 0 spiro atoms. The zero-order valence-corrected chi connectivity index (χ0v) is 11.0. The van der Waals surface area contributed by atoms with E-state index < -0.39 is 26.3 Å². The molecule has 3 nitrogen and oxygen atoms in total. The number of benzene rings is 1. The molecule has 1 aliphatic rings. The fraction of sp³-hybridized carbons (Fsp3) is 0.500. The molecule has 1 aliphatic heterocycles. The molecule has 2 rings (SSSR count). The maximum atomic E-state index is 12.6. The van der Waals surface area contributed by atoms with Crippen LogP contribution in [0.15, 0.2) is 29.2 Å². The van der Waals surface area contributed by atoms with E-state index in [2.05, 4.69) is 0 Å². The predicted octanol–water partition coefficient (Wildman–Crippen LogP) is 2.66. The Labute approximate surface area is 109 Å². The fourth-order valence-electron chi connectivity index (χ4n) is 1.98. The Hall–Kier alpha value is -1.08. The highest BCUT2D eigenvalue weighted by Gasteiger charge is 2.44. The van der Waals surface area contributed by atoms with E-state index in [1.165, 1.54) is 13.0 Å². The topological polar surface area (TPSA) is 43.4 Å². The van der Waals surface area contributed by atoms with Gasteiger partial charge >= 0.3 is 6.18 Å². The van der Waals surface area contributed by atoms with Gasteiger partial charge in [-0.2, -0.15) is 13.2 Å². The number of hydrogen-bond acceptors (Lipinski definition) is 3. The molecule has 1 unspecified atom stereocenters. The molecule has 1 heterocycles. The van der Waals surface area contributed by atoms with Crippen molar-refractivity contribution in [1.29, 1.82) is 0 Å². The Balaban J connectivity index is 2.47. The van der Waals surface area contributed by atoms with Crippen molar-refractivity contribution in [1.82, 2.24) is 0 Å². The Morgan fingerprint density at radius 2 is 2.00 bits per heavy atom. The minimum absolute atomic E-state index is 0.00553. The van der Waals surface area contributed by atoms with Gasteiger partial charge in [-0.15, -0.1) is 0 Å². The first-order valence-electron chi connectivity index (χ1n) is 5.66. The average molecular weight is 294 g/mol. The predicted molar refractivity (Wildman–Crippen MR) is 62.5 cm³/mol. The van der Waals surface area contributed by atoms with E-state index >= 15 is 0 Å². The molecule has 1 atom stereocenters. The third-order valence-electron chi connectivity index (χ3n) is 3.30. The van der Waals surface area contributed by atoms with Gasteiger partial charge in [0, 0.05) is 6.61 Å². The largest absolute Gasteiger partial charge is 0.416 e. The van der Waals surface area contributed by atoms with Gasteiger partial charge in [0.1, 0.15) is 0 Å². The minimum atomic E-state index is -4.56. The SMILES string of the molecule is CC1(S(=O)(=O)c2cccc(C(F)(F)F)c2)CCOC1. The van der Waals surface area contributed by atoms with Crippen LogP contribution in [0.4, 0.5) is 13.2 Å². The maximum absolute atomic E-state index is 12.6. The molecule has 0 aliphatic carbocycles. The fourth-order valence-corrected chi connectivity index (χ4v) is 3.68. The second-order valence-electron chi connectivity index (χ2n) is 4.78. The van der Waals surface area contributed by atoms with Gasteiger partial charge in [-0.3, -0.25) is 0 Å². The van der Waals surface area contributed by atoms with E-state index in [-0.39, 0.29) is 17.9 Å². The summed E-state index contributed by atoms with van der Waals surface area (Å²) >= 11 is 0. The number of halogens is 3. The van der Waals surface area contributed by atoms with Gasteiger partial charge in [0.25, 0.3) is 0 Å². The summed E-state index contributed by atoms with van der Waals surface area (Å²) in [6.45, 7) is 1.80. The smallest absolute Gasteiger partial charge is 0.380 e. The molecule has 0 aromatic heterocycles. The summed E-state index contributed by atoms with van der Waals surface area (Å²) in [4.78, 5) is -0.310. The van der Waals surface area contributed by atoms with Crippen LogP contribution >= 0.6 is 0 Å². The number of rotatable bonds is 2. The summed E-state index contributed by atoms with van der Waals surface area (Å²) < 4.78 is 66.5. The monoisotopic (exact) mass is 294 g/mol. The van der Waals surface area contributed by atoms with E-state index in [0.717, 1.165) is 12.1 Å². The first-order chi connectivity index (χ1) is 8.67. The molecule has 0 saturated carbocycles. The third-order valence-corrected chi connectivity index (χ3v) is 5.80. The third kappa shape index (κ3) is 2.49. The van der Waals surface area contributed by atoms with Crippen LogP contribution in [0, 0.1) is 0 Å². The van der Waals surface area contributed by atoms with Crippen LogP contribution in [-0.2, 0) is 20.8 Å². The van der Waals surface area contributed by atoms with Crippen molar-refractivity contribution in [2.45, 2.75) is 29.2 Å². The van der Waals surface area contributed by atoms with Gasteiger partial charge in [0.15, 0.2) is 9.84 Å². The van der Waals surface area contributed by atoms with Crippen molar-refractivity contribution < 1.29 is 26.3 Å². The van der Waals surface area contributed by atoms with Crippen molar-refractivity contribution in [2.24, 2.45) is 0 Å². The summed E-state index contributed by atoms with van der Waals surface area (Å²) in [6.07, 6.45) is -4.27. The zero-order chi connectivity index (χ0) is 14.3. The van der Waals surface area contributed by atoms with Crippen LogP contribution in [0.5, 0.6) is 0 Å². The highest BCUT2D eigenvalue weighted by Crippen LogP contribution is 2.36. The van der Waals surface area contributed by atoms with E-state index in [1.54, 1.807) is 0 Å². The van der Waals surface area contributed by atoms with Crippen molar-refractivity contribution in [3.63, 3.8) is 0 Å². The maximum Gasteiger partial charge on any atom is 0.416 e. The molecule has 1 aromatic carbocycles. The lowest BCUT2D eigenvalue weighted by atomic mass is 10.1. The lowest BCUT2D eigenvalue weighted by Crippen LogP contribution is -2.35. The van der Waals surface area contributed by atoms with Crippen LogP contribution in [0.2, 0.25) is 0 Å². The number of ether oxygens (including phenoxy) is 1. The van der Waals surface area contributed by atoms with Crippen molar-refractivity contribution in [3.05, 3.63) is 29.8 Å². The van der Waals surface area contributed by atoms with Crippen LogP contribution in [0.25, 0.3) is 0 Å². The molecule has 0 bridgehead atoms. The average Bonchev–Trinajstić information content (AvgIpc) is 2.77. The number of hydrogen-bond donors (Lipinski definition) is 0. The molecule has 0 N–H and O–H groups in total. The highest BCUT2D eigenvalue weighted by molar-refractivity contribution is 7.92. The summed E-state index contributed by atoms with van der Waals surface area (Å²) in [6, 6.07) is 3.83. The molecule has 106 valence electrons. The van der Waals surface area contributed by atoms with Crippen LogP contribution in [0.1, 0.15) is 18.9 Å². The normalized spacial score (nSPS) is 24.6. The van der Waals surface area contributed by atoms with Gasteiger partial charge in [-0.1, -0.05) is 6.07 Å². The van der Waals surface area contributed by atoms with E-state index in [9.17, 15) is 21.6 Å². The Morgan fingerprint density at radius 1 is 1.32 bits per heavy atom. The van der Waals surface area contributed by atoms with Gasteiger partial charge in [-0.25, -0.2) is 8.42 Å². The van der Waals surface area contributed by atoms with E-state index in [4.69, 9.17) is 4.74 Å².